The van der Waals surface area contributed by atoms with Crippen molar-refractivity contribution in [1.29, 1.82) is 5.26 Å². The van der Waals surface area contributed by atoms with Crippen molar-refractivity contribution in [2.75, 3.05) is 13.7 Å². The monoisotopic (exact) mass is 479 g/mol. The van der Waals surface area contributed by atoms with Gasteiger partial charge < -0.3 is 25.2 Å². The van der Waals surface area contributed by atoms with E-state index in [2.05, 4.69) is 10.6 Å². The second kappa shape index (κ2) is 12.0. The van der Waals surface area contributed by atoms with Gasteiger partial charge in [-0.05, 0) is 42.0 Å². The lowest BCUT2D eigenvalue weighted by Crippen LogP contribution is -2.55. The zero-order valence-electron chi connectivity index (χ0n) is 19.7. The summed E-state index contributed by atoms with van der Waals surface area (Å²) in [6.07, 6.45) is -0.901. The lowest BCUT2D eigenvalue weighted by Gasteiger charge is -2.24. The first kappa shape index (κ1) is 25.7. The van der Waals surface area contributed by atoms with Gasteiger partial charge in [0.2, 0.25) is 5.91 Å². The van der Waals surface area contributed by atoms with Gasteiger partial charge in [-0.2, -0.15) is 5.26 Å². The van der Waals surface area contributed by atoms with Gasteiger partial charge in [0.1, 0.15) is 12.6 Å². The smallest absolute Gasteiger partial charge is 0.407 e. The van der Waals surface area contributed by atoms with Gasteiger partial charge in [0, 0.05) is 19.4 Å². The first-order valence-electron chi connectivity index (χ1n) is 11.4. The van der Waals surface area contributed by atoms with Gasteiger partial charge in [0.05, 0.1) is 12.2 Å². The Balaban J connectivity index is 1.67. The number of ether oxygens (including phenoxy) is 2. The number of rotatable bonds is 11. The minimum Gasteiger partial charge on any atom is -0.480 e. The Bertz CT molecular complexity index is 1070. The second-order valence-corrected chi connectivity index (χ2v) is 8.34. The van der Waals surface area contributed by atoms with E-state index < -0.39 is 36.2 Å². The molecule has 1 aliphatic carbocycles. The average Bonchev–Trinajstić information content (AvgIpc) is 3.18. The molecule has 0 heterocycles. The largest absolute Gasteiger partial charge is 0.480 e. The number of amides is 2. The zero-order valence-corrected chi connectivity index (χ0v) is 19.7. The maximum atomic E-state index is 12.8. The van der Waals surface area contributed by atoms with Crippen LogP contribution < -0.4 is 10.6 Å². The molecular weight excluding hydrogens is 450 g/mol. The summed E-state index contributed by atoms with van der Waals surface area (Å²) in [6, 6.07) is 15.5. The Morgan fingerprint density at radius 3 is 2.20 bits per heavy atom. The van der Waals surface area contributed by atoms with Crippen molar-refractivity contribution in [1.82, 2.24) is 10.6 Å². The minimum absolute atomic E-state index is 0.0743. The maximum absolute atomic E-state index is 12.8. The molecule has 3 N–H and O–H groups in total. The summed E-state index contributed by atoms with van der Waals surface area (Å²) in [5.74, 6) is -2.09. The van der Waals surface area contributed by atoms with E-state index >= 15 is 0 Å². The van der Waals surface area contributed by atoms with Crippen LogP contribution in [0.15, 0.2) is 48.5 Å². The molecular formula is C26H29N3O6. The van der Waals surface area contributed by atoms with Gasteiger partial charge in [-0.1, -0.05) is 48.5 Å². The first-order valence-corrected chi connectivity index (χ1v) is 11.4. The molecule has 2 amide bonds. The summed E-state index contributed by atoms with van der Waals surface area (Å²) in [7, 11) is 1.34. The average molecular weight is 480 g/mol. The van der Waals surface area contributed by atoms with E-state index in [-0.39, 0.29) is 25.4 Å². The van der Waals surface area contributed by atoms with Crippen LogP contribution in [-0.4, -0.2) is 55.0 Å². The maximum Gasteiger partial charge on any atom is 0.407 e. The standard InChI is InChI=1S/C26H29N3O6/c1-16(34-2)23(25(31)32)29-24(30)22(13-7-8-14-27)28-26(33)35-15-21-19-11-5-3-9-17(19)18-10-4-6-12-20(18)21/h3-6,9-12,16,21-23H,7-8,13,15H2,1-2H3,(H,28,33)(H,29,30)(H,31,32). The molecule has 9 nitrogen and oxygen atoms in total. The third kappa shape index (κ3) is 6.16. The fraction of sp³-hybridized carbons (Fsp3) is 0.385. The third-order valence-electron chi connectivity index (χ3n) is 6.14. The normalized spacial score (nSPS) is 14.5. The molecule has 2 aromatic carbocycles. The second-order valence-electron chi connectivity index (χ2n) is 8.34. The van der Waals surface area contributed by atoms with Crippen LogP contribution in [0.4, 0.5) is 4.79 Å². The number of methoxy groups -OCH3 is 1. The molecule has 0 bridgehead atoms. The molecule has 0 aromatic heterocycles. The number of alkyl carbamates (subject to hydrolysis) is 1. The topological polar surface area (TPSA) is 138 Å². The molecule has 1 aliphatic rings. The molecule has 3 unspecified atom stereocenters. The van der Waals surface area contributed by atoms with Gasteiger partial charge in [0.25, 0.3) is 0 Å². The highest BCUT2D eigenvalue weighted by atomic mass is 16.5. The number of nitrogens with one attached hydrogen (secondary N) is 2. The fourth-order valence-corrected chi connectivity index (χ4v) is 4.21. The van der Waals surface area contributed by atoms with E-state index in [1.807, 2.05) is 54.6 Å². The van der Waals surface area contributed by atoms with Gasteiger partial charge >= 0.3 is 12.1 Å². The number of nitriles is 1. The van der Waals surface area contributed by atoms with Crippen molar-refractivity contribution in [3.63, 3.8) is 0 Å². The molecule has 9 heteroatoms. The lowest BCUT2D eigenvalue weighted by molar-refractivity contribution is -0.145. The molecule has 2 aromatic rings. The summed E-state index contributed by atoms with van der Waals surface area (Å²) >= 11 is 0. The molecule has 0 saturated heterocycles. The number of aliphatic carboxylic acids is 1. The van der Waals surface area contributed by atoms with E-state index in [0.717, 1.165) is 22.3 Å². The number of unbranched alkanes of at least 4 members (excludes halogenated alkanes) is 1. The number of fused-ring (bicyclic) bond motifs is 3. The Morgan fingerprint density at radius 1 is 1.06 bits per heavy atom. The predicted octanol–water partition coefficient (Wildman–Crippen LogP) is 3.19. The van der Waals surface area contributed by atoms with E-state index in [1.54, 1.807) is 0 Å². The van der Waals surface area contributed by atoms with Gasteiger partial charge in [-0.3, -0.25) is 4.79 Å². The van der Waals surface area contributed by atoms with E-state index in [0.29, 0.717) is 6.42 Å². The Labute approximate surface area is 204 Å². The van der Waals surface area contributed by atoms with Crippen molar-refractivity contribution in [3.05, 3.63) is 59.7 Å². The van der Waals surface area contributed by atoms with Gasteiger partial charge in [-0.25, -0.2) is 9.59 Å². The van der Waals surface area contributed by atoms with E-state index in [1.165, 1.54) is 14.0 Å². The minimum atomic E-state index is -1.30. The predicted molar refractivity (Wildman–Crippen MR) is 127 cm³/mol. The Hall–Kier alpha value is -3.90. The Kier molecular flexibility index (Phi) is 8.81. The number of nitrogens with zero attached hydrogens (tertiary/aromatic N) is 1. The molecule has 184 valence electrons. The van der Waals surface area contributed by atoms with Crippen molar-refractivity contribution in [2.45, 2.75) is 50.3 Å². The van der Waals surface area contributed by atoms with Crippen LogP contribution in [0.25, 0.3) is 11.1 Å². The highest BCUT2D eigenvalue weighted by Crippen LogP contribution is 2.44. The van der Waals surface area contributed by atoms with Crippen LogP contribution in [0.3, 0.4) is 0 Å². The number of hydrogen-bond acceptors (Lipinski definition) is 6. The van der Waals surface area contributed by atoms with Crippen molar-refractivity contribution in [2.24, 2.45) is 0 Å². The number of carboxylic acids is 1. The van der Waals surface area contributed by atoms with Crippen LogP contribution in [0, 0.1) is 11.3 Å². The molecule has 0 saturated carbocycles. The van der Waals surface area contributed by atoms with Crippen LogP contribution >= 0.6 is 0 Å². The summed E-state index contributed by atoms with van der Waals surface area (Å²) in [5, 5.41) is 23.2. The number of carboxylic acid groups (broad SMARTS) is 1. The van der Waals surface area contributed by atoms with Crippen molar-refractivity contribution in [3.8, 4) is 17.2 Å². The third-order valence-corrected chi connectivity index (χ3v) is 6.14. The molecule has 0 spiro atoms. The molecule has 35 heavy (non-hydrogen) atoms. The van der Waals surface area contributed by atoms with Crippen LogP contribution in [0.2, 0.25) is 0 Å². The van der Waals surface area contributed by atoms with Crippen LogP contribution in [0.5, 0.6) is 0 Å². The highest BCUT2D eigenvalue weighted by molar-refractivity contribution is 5.89. The van der Waals surface area contributed by atoms with Crippen molar-refractivity contribution < 1.29 is 29.0 Å². The Morgan fingerprint density at radius 2 is 1.66 bits per heavy atom. The number of hydrogen-bond donors (Lipinski definition) is 3. The molecule has 0 radical (unpaired) electrons. The zero-order chi connectivity index (χ0) is 25.4. The first-order chi connectivity index (χ1) is 16.9. The highest BCUT2D eigenvalue weighted by Gasteiger charge is 2.32. The number of carbonyl (C=O) groups is 3. The van der Waals surface area contributed by atoms with Gasteiger partial charge in [0.15, 0.2) is 6.04 Å². The summed E-state index contributed by atoms with van der Waals surface area (Å²) in [4.78, 5) is 37.0. The summed E-state index contributed by atoms with van der Waals surface area (Å²) in [5.41, 5.74) is 4.31. The molecule has 3 rings (SSSR count). The molecule has 0 aliphatic heterocycles. The number of carbonyl (C=O) groups excluding carboxylic acids is 2. The quantitative estimate of drug-likeness (QED) is 0.421. The fourth-order valence-electron chi connectivity index (χ4n) is 4.21. The van der Waals surface area contributed by atoms with Crippen LogP contribution in [0.1, 0.15) is 43.2 Å². The lowest BCUT2D eigenvalue weighted by atomic mass is 9.98. The van der Waals surface area contributed by atoms with Gasteiger partial charge in [-0.15, -0.1) is 0 Å². The van der Waals surface area contributed by atoms with Crippen LogP contribution in [-0.2, 0) is 19.1 Å². The van der Waals surface area contributed by atoms with E-state index in [4.69, 9.17) is 14.7 Å². The summed E-state index contributed by atoms with van der Waals surface area (Å²) < 4.78 is 10.5. The SMILES string of the molecule is COC(C)C(NC(=O)C(CCCC#N)NC(=O)OCC1c2ccccc2-c2ccccc21)C(=O)O. The van der Waals surface area contributed by atoms with Crippen molar-refractivity contribution >= 4 is 18.0 Å². The molecule has 0 fully saturated rings. The number of benzene rings is 2. The summed E-state index contributed by atoms with van der Waals surface area (Å²) in [6.45, 7) is 1.59. The molecule has 3 atom stereocenters. The van der Waals surface area contributed by atoms with E-state index in [9.17, 15) is 19.5 Å².